The average molecular weight is 398 g/mol. The van der Waals surface area contributed by atoms with E-state index in [1.165, 1.54) is 0 Å². The van der Waals surface area contributed by atoms with Crippen LogP contribution in [-0.4, -0.2) is 46.7 Å². The molecule has 1 fully saturated rings. The Balaban J connectivity index is 0.00000182. The summed E-state index contributed by atoms with van der Waals surface area (Å²) in [6, 6.07) is 7.74. The first kappa shape index (κ1) is 18.3. The summed E-state index contributed by atoms with van der Waals surface area (Å²) in [5.74, 6) is 1.15. The second-order valence-corrected chi connectivity index (χ2v) is 7.00. The van der Waals surface area contributed by atoms with Gasteiger partial charge in [0.05, 0.1) is 6.04 Å². The summed E-state index contributed by atoms with van der Waals surface area (Å²) in [5.41, 5.74) is 1.72. The van der Waals surface area contributed by atoms with Crippen molar-refractivity contribution in [3.8, 4) is 22.2 Å². The fourth-order valence-electron chi connectivity index (χ4n) is 2.67. The largest absolute Gasteiger partial charge is 0.332 e. The molecule has 1 aliphatic rings. The van der Waals surface area contributed by atoms with Gasteiger partial charge in [0, 0.05) is 35.6 Å². The standard InChI is InChI=1S/C16H16ClN5OS.ClH/c1-22-7-6-18-8-13(22)14-20-15(23-21-14)12-9-24-16(19-12)10-2-4-11(17)5-3-10;/h2-5,9,13,18H,6-8H2,1H3;1H. The fraction of sp³-hybridized carbons (Fsp3) is 0.312. The predicted octanol–water partition coefficient (Wildman–Crippen LogP) is 3.51. The highest BCUT2D eigenvalue weighted by atomic mass is 35.5. The van der Waals surface area contributed by atoms with E-state index in [0.29, 0.717) is 22.4 Å². The first-order valence-corrected chi connectivity index (χ1v) is 8.93. The summed E-state index contributed by atoms with van der Waals surface area (Å²) in [5, 5.41) is 11.0. The normalized spacial score (nSPS) is 18.1. The van der Waals surface area contributed by atoms with Crippen LogP contribution < -0.4 is 5.32 Å². The van der Waals surface area contributed by atoms with Crippen LogP contribution in [0, 0.1) is 0 Å². The molecule has 3 heterocycles. The number of rotatable bonds is 3. The zero-order valence-electron chi connectivity index (χ0n) is 13.5. The minimum atomic E-state index is 0. The Kier molecular flexibility index (Phi) is 5.71. The van der Waals surface area contributed by atoms with Crippen molar-refractivity contribution >= 4 is 35.3 Å². The lowest BCUT2D eigenvalue weighted by atomic mass is 10.2. The van der Waals surface area contributed by atoms with Crippen molar-refractivity contribution in [3.05, 3.63) is 40.5 Å². The monoisotopic (exact) mass is 397 g/mol. The second kappa shape index (κ2) is 7.80. The molecule has 0 bridgehead atoms. The number of hydrogen-bond donors (Lipinski definition) is 1. The number of piperazine rings is 1. The third-order valence-corrected chi connectivity index (χ3v) is 5.21. The molecule has 9 heteroatoms. The van der Waals surface area contributed by atoms with Gasteiger partial charge < -0.3 is 9.84 Å². The molecule has 1 aromatic carbocycles. The maximum Gasteiger partial charge on any atom is 0.277 e. The summed E-state index contributed by atoms with van der Waals surface area (Å²) in [6.45, 7) is 2.77. The third kappa shape index (κ3) is 3.86. The highest BCUT2D eigenvalue weighted by Gasteiger charge is 2.26. The van der Waals surface area contributed by atoms with E-state index in [1.54, 1.807) is 11.3 Å². The molecule has 1 unspecified atom stereocenters. The summed E-state index contributed by atoms with van der Waals surface area (Å²) in [4.78, 5) is 11.4. The van der Waals surface area contributed by atoms with Crippen molar-refractivity contribution in [3.63, 3.8) is 0 Å². The van der Waals surface area contributed by atoms with E-state index in [9.17, 15) is 0 Å². The maximum atomic E-state index is 5.93. The number of aromatic nitrogens is 3. The smallest absolute Gasteiger partial charge is 0.277 e. The van der Waals surface area contributed by atoms with Gasteiger partial charge in [0.15, 0.2) is 5.82 Å². The van der Waals surface area contributed by atoms with Gasteiger partial charge in [-0.25, -0.2) is 4.98 Å². The number of benzene rings is 1. The molecule has 1 aliphatic heterocycles. The van der Waals surface area contributed by atoms with Crippen LogP contribution in [0.15, 0.2) is 34.2 Å². The van der Waals surface area contributed by atoms with E-state index in [4.69, 9.17) is 16.1 Å². The lowest BCUT2D eigenvalue weighted by Gasteiger charge is -2.30. The van der Waals surface area contributed by atoms with Crippen molar-refractivity contribution in [2.45, 2.75) is 6.04 Å². The molecule has 0 spiro atoms. The molecule has 0 aliphatic carbocycles. The van der Waals surface area contributed by atoms with Crippen LogP contribution in [0.25, 0.3) is 22.2 Å². The van der Waals surface area contributed by atoms with Crippen LogP contribution >= 0.6 is 35.3 Å². The van der Waals surface area contributed by atoms with Crippen molar-refractivity contribution < 1.29 is 4.52 Å². The van der Waals surface area contributed by atoms with Crippen LogP contribution in [0.2, 0.25) is 5.02 Å². The van der Waals surface area contributed by atoms with Crippen molar-refractivity contribution in [1.29, 1.82) is 0 Å². The molecule has 2 aromatic heterocycles. The van der Waals surface area contributed by atoms with Gasteiger partial charge in [0.25, 0.3) is 5.89 Å². The van der Waals surface area contributed by atoms with Crippen LogP contribution in [0.1, 0.15) is 11.9 Å². The van der Waals surface area contributed by atoms with Crippen molar-refractivity contribution in [2.75, 3.05) is 26.7 Å². The maximum absolute atomic E-state index is 5.93. The Morgan fingerprint density at radius 1 is 1.28 bits per heavy atom. The van der Waals surface area contributed by atoms with Crippen LogP contribution in [0.3, 0.4) is 0 Å². The van der Waals surface area contributed by atoms with Crippen molar-refractivity contribution in [1.82, 2.24) is 25.3 Å². The molecule has 3 aromatic rings. The SMILES string of the molecule is CN1CCNCC1c1noc(-c2csc(-c3ccc(Cl)cc3)n2)n1.Cl. The number of halogens is 2. The van der Waals surface area contributed by atoms with Gasteiger partial charge in [-0.15, -0.1) is 23.7 Å². The van der Waals surface area contributed by atoms with Gasteiger partial charge in [0.2, 0.25) is 0 Å². The number of nitrogens with zero attached hydrogens (tertiary/aromatic N) is 4. The molecule has 1 atom stereocenters. The summed E-state index contributed by atoms with van der Waals surface area (Å²) >= 11 is 7.47. The lowest BCUT2D eigenvalue weighted by molar-refractivity contribution is 0.190. The number of thiazole rings is 1. The average Bonchev–Trinajstić information content (AvgIpc) is 3.25. The molecular weight excluding hydrogens is 381 g/mol. The van der Waals surface area contributed by atoms with Crippen LogP contribution in [0.5, 0.6) is 0 Å². The van der Waals surface area contributed by atoms with E-state index >= 15 is 0 Å². The topological polar surface area (TPSA) is 67.1 Å². The number of hydrogen-bond acceptors (Lipinski definition) is 7. The fourth-order valence-corrected chi connectivity index (χ4v) is 3.59. The summed E-state index contributed by atoms with van der Waals surface area (Å²) in [7, 11) is 2.07. The van der Waals surface area contributed by atoms with Gasteiger partial charge in [-0.1, -0.05) is 28.9 Å². The third-order valence-electron chi connectivity index (χ3n) is 4.07. The first-order chi connectivity index (χ1) is 11.7. The summed E-state index contributed by atoms with van der Waals surface area (Å²) < 4.78 is 5.43. The molecule has 1 saturated heterocycles. The quantitative estimate of drug-likeness (QED) is 0.729. The van der Waals surface area contributed by atoms with E-state index in [-0.39, 0.29) is 18.4 Å². The van der Waals surface area contributed by atoms with Gasteiger partial charge >= 0.3 is 0 Å². The minimum absolute atomic E-state index is 0. The van der Waals surface area contributed by atoms with E-state index in [1.807, 2.05) is 29.6 Å². The molecule has 132 valence electrons. The Bertz CT molecular complexity index is 835. The zero-order chi connectivity index (χ0) is 16.5. The Hall–Kier alpha value is -1.51. The highest BCUT2D eigenvalue weighted by Crippen LogP contribution is 2.29. The molecule has 0 amide bonds. The van der Waals surface area contributed by atoms with E-state index < -0.39 is 0 Å². The van der Waals surface area contributed by atoms with Gasteiger partial charge in [0.1, 0.15) is 10.7 Å². The highest BCUT2D eigenvalue weighted by molar-refractivity contribution is 7.13. The van der Waals surface area contributed by atoms with E-state index in [0.717, 1.165) is 30.2 Å². The lowest BCUT2D eigenvalue weighted by Crippen LogP contribution is -2.44. The Morgan fingerprint density at radius 2 is 2.08 bits per heavy atom. The molecule has 0 radical (unpaired) electrons. The Labute approximate surface area is 160 Å². The Morgan fingerprint density at radius 3 is 2.84 bits per heavy atom. The molecule has 0 saturated carbocycles. The molecular formula is C16H17Cl2N5OS. The number of nitrogens with one attached hydrogen (secondary N) is 1. The summed E-state index contributed by atoms with van der Waals surface area (Å²) in [6.07, 6.45) is 0. The van der Waals surface area contributed by atoms with Gasteiger partial charge in [-0.2, -0.15) is 4.98 Å². The van der Waals surface area contributed by atoms with E-state index in [2.05, 4.69) is 32.4 Å². The predicted molar refractivity (Wildman–Crippen MR) is 101 cm³/mol. The van der Waals surface area contributed by atoms with Gasteiger partial charge in [-0.3, -0.25) is 4.90 Å². The van der Waals surface area contributed by atoms with Gasteiger partial charge in [-0.05, 0) is 19.2 Å². The second-order valence-electron chi connectivity index (χ2n) is 5.70. The van der Waals surface area contributed by atoms with Crippen LogP contribution in [0.4, 0.5) is 0 Å². The minimum Gasteiger partial charge on any atom is -0.332 e. The zero-order valence-corrected chi connectivity index (χ0v) is 15.9. The molecule has 6 nitrogen and oxygen atoms in total. The van der Waals surface area contributed by atoms with Crippen molar-refractivity contribution in [2.24, 2.45) is 0 Å². The molecule has 1 N–H and O–H groups in total. The first-order valence-electron chi connectivity index (χ1n) is 7.67. The number of likely N-dealkylation sites (N-methyl/N-ethyl adjacent to an activating group) is 1. The van der Waals surface area contributed by atoms with Crippen LogP contribution in [-0.2, 0) is 0 Å². The molecule has 25 heavy (non-hydrogen) atoms. The molecule has 4 rings (SSSR count).